The van der Waals surface area contributed by atoms with Crippen molar-refractivity contribution in [3.05, 3.63) is 34.4 Å². The summed E-state index contributed by atoms with van der Waals surface area (Å²) < 4.78 is 0. The SMILES string of the molecule is Cc1cc(C#N)c(C(=O)Cl)cc1C=O. The lowest BCUT2D eigenvalue weighted by Gasteiger charge is -2.02. The summed E-state index contributed by atoms with van der Waals surface area (Å²) in [6.45, 7) is 1.69. The van der Waals surface area contributed by atoms with Crippen molar-refractivity contribution < 1.29 is 9.59 Å². The van der Waals surface area contributed by atoms with Crippen molar-refractivity contribution in [3.63, 3.8) is 0 Å². The highest BCUT2D eigenvalue weighted by Crippen LogP contribution is 2.16. The summed E-state index contributed by atoms with van der Waals surface area (Å²) in [7, 11) is 0. The van der Waals surface area contributed by atoms with E-state index < -0.39 is 5.24 Å². The van der Waals surface area contributed by atoms with Gasteiger partial charge in [-0.05, 0) is 36.2 Å². The van der Waals surface area contributed by atoms with E-state index in [0.29, 0.717) is 17.4 Å². The minimum Gasteiger partial charge on any atom is -0.298 e. The molecule has 0 atom stereocenters. The molecule has 0 aliphatic rings. The van der Waals surface area contributed by atoms with E-state index in [1.807, 2.05) is 6.07 Å². The van der Waals surface area contributed by atoms with Crippen LogP contribution in [0.2, 0.25) is 0 Å². The molecule has 1 aromatic rings. The van der Waals surface area contributed by atoms with E-state index in [2.05, 4.69) is 0 Å². The van der Waals surface area contributed by atoms with Crippen LogP contribution in [0.1, 0.15) is 31.8 Å². The standard InChI is InChI=1S/C10H6ClNO2/c1-6-2-7(4-12)9(10(11)14)3-8(6)5-13/h2-3,5H,1H3. The minimum absolute atomic E-state index is 0.0712. The number of carbonyl (C=O) groups excluding carboxylic acids is 2. The van der Waals surface area contributed by atoms with E-state index in [1.54, 1.807) is 6.92 Å². The highest BCUT2D eigenvalue weighted by molar-refractivity contribution is 6.68. The van der Waals surface area contributed by atoms with Crippen LogP contribution in [-0.4, -0.2) is 11.5 Å². The third-order valence-corrected chi connectivity index (χ3v) is 2.07. The number of nitrogens with zero attached hydrogens (tertiary/aromatic N) is 1. The quantitative estimate of drug-likeness (QED) is 0.551. The van der Waals surface area contributed by atoms with E-state index in [-0.39, 0.29) is 11.1 Å². The topological polar surface area (TPSA) is 57.9 Å². The number of hydrogen-bond acceptors (Lipinski definition) is 3. The maximum absolute atomic E-state index is 10.9. The second-order valence-corrected chi connectivity index (χ2v) is 3.10. The van der Waals surface area contributed by atoms with Gasteiger partial charge in [0.05, 0.1) is 17.2 Å². The van der Waals surface area contributed by atoms with Crippen molar-refractivity contribution in [2.75, 3.05) is 0 Å². The van der Waals surface area contributed by atoms with Crippen LogP contribution in [0.15, 0.2) is 12.1 Å². The highest BCUT2D eigenvalue weighted by atomic mass is 35.5. The molecule has 0 amide bonds. The molecule has 0 aromatic heterocycles. The Bertz CT molecular complexity index is 446. The van der Waals surface area contributed by atoms with Crippen LogP contribution in [0, 0.1) is 18.3 Å². The van der Waals surface area contributed by atoms with Gasteiger partial charge in [0.2, 0.25) is 0 Å². The normalized spacial score (nSPS) is 9.21. The van der Waals surface area contributed by atoms with Gasteiger partial charge >= 0.3 is 0 Å². The van der Waals surface area contributed by atoms with Gasteiger partial charge in [-0.15, -0.1) is 0 Å². The molecule has 0 saturated heterocycles. The molecule has 0 aliphatic heterocycles. The number of halogens is 1. The summed E-state index contributed by atoms with van der Waals surface area (Å²) in [6, 6.07) is 4.65. The van der Waals surface area contributed by atoms with Gasteiger partial charge < -0.3 is 0 Å². The molecule has 0 spiro atoms. The molecule has 0 saturated carbocycles. The molecule has 0 radical (unpaired) electrons. The second kappa shape index (κ2) is 4.03. The van der Waals surface area contributed by atoms with Crippen molar-refractivity contribution in [3.8, 4) is 6.07 Å². The van der Waals surface area contributed by atoms with Gasteiger partial charge in [-0.2, -0.15) is 5.26 Å². The van der Waals surface area contributed by atoms with Crippen LogP contribution in [0.25, 0.3) is 0 Å². The zero-order chi connectivity index (χ0) is 10.7. The Morgan fingerprint density at radius 1 is 1.57 bits per heavy atom. The number of hydrogen-bond donors (Lipinski definition) is 0. The molecular weight excluding hydrogens is 202 g/mol. The van der Waals surface area contributed by atoms with Crippen molar-refractivity contribution in [1.29, 1.82) is 5.26 Å². The van der Waals surface area contributed by atoms with Gasteiger partial charge in [-0.1, -0.05) is 0 Å². The lowest BCUT2D eigenvalue weighted by molar-refractivity contribution is 0.108. The lowest BCUT2D eigenvalue weighted by Crippen LogP contribution is -1.98. The predicted molar refractivity (Wildman–Crippen MR) is 51.5 cm³/mol. The molecule has 70 valence electrons. The fraction of sp³-hybridized carbons (Fsp3) is 0.100. The summed E-state index contributed by atoms with van der Waals surface area (Å²) in [5.74, 6) is 0. The maximum atomic E-state index is 10.9. The Morgan fingerprint density at radius 3 is 2.64 bits per heavy atom. The van der Waals surface area contributed by atoms with E-state index in [4.69, 9.17) is 16.9 Å². The fourth-order valence-electron chi connectivity index (χ4n) is 1.11. The number of nitriles is 1. The van der Waals surface area contributed by atoms with Gasteiger partial charge in [0, 0.05) is 5.56 Å². The first-order valence-electron chi connectivity index (χ1n) is 3.80. The molecule has 3 nitrogen and oxygen atoms in total. The zero-order valence-corrected chi connectivity index (χ0v) is 8.13. The molecule has 1 aromatic carbocycles. The van der Waals surface area contributed by atoms with E-state index in [0.717, 1.165) is 0 Å². The van der Waals surface area contributed by atoms with Gasteiger partial charge in [0.25, 0.3) is 5.24 Å². The van der Waals surface area contributed by atoms with Crippen LogP contribution >= 0.6 is 11.6 Å². The van der Waals surface area contributed by atoms with Gasteiger partial charge in [0.15, 0.2) is 0 Å². The average molecular weight is 208 g/mol. The Labute approximate surface area is 85.9 Å². The number of aryl methyl sites for hydroxylation is 1. The molecule has 0 heterocycles. The molecule has 0 fully saturated rings. The molecule has 0 unspecified atom stereocenters. The molecule has 0 N–H and O–H groups in total. The molecule has 0 bridgehead atoms. The smallest absolute Gasteiger partial charge is 0.253 e. The predicted octanol–water partition coefficient (Wildman–Crippen LogP) is 2.06. The van der Waals surface area contributed by atoms with Crippen LogP contribution in [-0.2, 0) is 0 Å². The number of benzene rings is 1. The Morgan fingerprint density at radius 2 is 2.21 bits per heavy atom. The summed E-state index contributed by atoms with van der Waals surface area (Å²) in [5, 5.41) is 7.97. The fourth-order valence-corrected chi connectivity index (χ4v) is 1.26. The highest BCUT2D eigenvalue weighted by Gasteiger charge is 2.11. The van der Waals surface area contributed by atoms with Crippen molar-refractivity contribution in [2.45, 2.75) is 6.92 Å². The van der Waals surface area contributed by atoms with Crippen LogP contribution in [0.5, 0.6) is 0 Å². The molecular formula is C10H6ClNO2. The average Bonchev–Trinajstić information content (AvgIpc) is 2.16. The van der Waals surface area contributed by atoms with E-state index in [9.17, 15) is 9.59 Å². The van der Waals surface area contributed by atoms with Crippen LogP contribution in [0.3, 0.4) is 0 Å². The summed E-state index contributed by atoms with van der Waals surface area (Å²) >= 11 is 5.26. The molecule has 1 rings (SSSR count). The first-order chi connectivity index (χ1) is 6.60. The number of carbonyl (C=O) groups is 2. The molecule has 14 heavy (non-hydrogen) atoms. The van der Waals surface area contributed by atoms with E-state index in [1.165, 1.54) is 12.1 Å². The second-order valence-electron chi connectivity index (χ2n) is 2.76. The summed E-state index contributed by atoms with van der Waals surface area (Å²) in [4.78, 5) is 21.5. The third-order valence-electron chi connectivity index (χ3n) is 1.87. The minimum atomic E-state index is -0.732. The first-order valence-corrected chi connectivity index (χ1v) is 4.17. The van der Waals surface area contributed by atoms with Crippen LogP contribution in [0.4, 0.5) is 0 Å². The van der Waals surface area contributed by atoms with Crippen molar-refractivity contribution >= 4 is 23.1 Å². The number of aldehydes is 1. The lowest BCUT2D eigenvalue weighted by atomic mass is 10.0. The van der Waals surface area contributed by atoms with Crippen LogP contribution < -0.4 is 0 Å². The van der Waals surface area contributed by atoms with E-state index >= 15 is 0 Å². The number of rotatable bonds is 2. The zero-order valence-electron chi connectivity index (χ0n) is 7.37. The van der Waals surface area contributed by atoms with Gasteiger partial charge in [-0.3, -0.25) is 9.59 Å². The molecule has 4 heteroatoms. The largest absolute Gasteiger partial charge is 0.298 e. The summed E-state index contributed by atoms with van der Waals surface area (Å²) in [6.07, 6.45) is 0.625. The first kappa shape index (κ1) is 10.4. The van der Waals surface area contributed by atoms with Crippen molar-refractivity contribution in [2.24, 2.45) is 0 Å². The Kier molecular flexibility index (Phi) is 3.00. The Balaban J connectivity index is 3.49. The third kappa shape index (κ3) is 1.81. The summed E-state index contributed by atoms with van der Waals surface area (Å²) in [5.41, 5.74) is 1.28. The van der Waals surface area contributed by atoms with Gasteiger partial charge in [-0.25, -0.2) is 0 Å². The monoisotopic (exact) mass is 207 g/mol. The van der Waals surface area contributed by atoms with Crippen molar-refractivity contribution in [1.82, 2.24) is 0 Å². The maximum Gasteiger partial charge on any atom is 0.253 e. The molecule has 0 aliphatic carbocycles. The van der Waals surface area contributed by atoms with Gasteiger partial charge in [0.1, 0.15) is 6.29 Å². The Hall–Kier alpha value is -1.66.